The largest absolute Gasteiger partial charge is 0.493 e. The third-order valence-electron chi connectivity index (χ3n) is 5.00. The monoisotopic (exact) mass is 394 g/mol. The molecule has 6 nitrogen and oxygen atoms in total. The number of hydrogen-bond acceptors (Lipinski definition) is 4. The number of ether oxygens (including phenoxy) is 2. The number of methoxy groups -OCH3 is 2. The van der Waals surface area contributed by atoms with Crippen LogP contribution in [-0.4, -0.2) is 31.2 Å². The summed E-state index contributed by atoms with van der Waals surface area (Å²) < 4.78 is 12.2. The van der Waals surface area contributed by atoms with E-state index in [1.165, 1.54) is 24.4 Å². The highest BCUT2D eigenvalue weighted by atomic mass is 16.5. The van der Waals surface area contributed by atoms with E-state index in [0.717, 1.165) is 12.0 Å². The van der Waals surface area contributed by atoms with Crippen LogP contribution in [0.25, 0.3) is 10.8 Å². The zero-order chi connectivity index (χ0) is 21.0. The summed E-state index contributed by atoms with van der Waals surface area (Å²) in [4.78, 5) is 25.7. The molecule has 29 heavy (non-hydrogen) atoms. The predicted octanol–water partition coefficient (Wildman–Crippen LogP) is 3.32. The average molecular weight is 394 g/mol. The molecule has 1 heterocycles. The highest BCUT2D eigenvalue weighted by Crippen LogP contribution is 2.32. The van der Waals surface area contributed by atoms with Gasteiger partial charge in [0.1, 0.15) is 0 Å². The number of benzene rings is 2. The van der Waals surface area contributed by atoms with Crippen LogP contribution in [0.4, 0.5) is 0 Å². The maximum absolute atomic E-state index is 12.9. The second-order valence-corrected chi connectivity index (χ2v) is 6.88. The zero-order valence-electron chi connectivity index (χ0n) is 17.2. The van der Waals surface area contributed by atoms with Crippen LogP contribution in [0.3, 0.4) is 0 Å². The molecule has 0 saturated heterocycles. The lowest BCUT2D eigenvalue weighted by Gasteiger charge is -2.14. The maximum atomic E-state index is 12.9. The van der Waals surface area contributed by atoms with Crippen LogP contribution >= 0.6 is 0 Å². The first-order valence-corrected chi connectivity index (χ1v) is 9.61. The minimum absolute atomic E-state index is 0.167. The van der Waals surface area contributed by atoms with Crippen LogP contribution in [0.2, 0.25) is 0 Å². The molecule has 3 rings (SSSR count). The topological polar surface area (TPSA) is 69.6 Å². The van der Waals surface area contributed by atoms with Crippen molar-refractivity contribution in [3.63, 3.8) is 0 Å². The number of carbonyl (C=O) groups is 1. The summed E-state index contributed by atoms with van der Waals surface area (Å²) in [6, 6.07) is 11.6. The molecule has 0 bridgehead atoms. The molecule has 152 valence electrons. The molecule has 0 aliphatic carbocycles. The van der Waals surface area contributed by atoms with Gasteiger partial charge in [-0.25, -0.2) is 0 Å². The first-order valence-electron chi connectivity index (χ1n) is 9.61. The lowest BCUT2D eigenvalue weighted by atomic mass is 10.1. The quantitative estimate of drug-likeness (QED) is 0.667. The van der Waals surface area contributed by atoms with Gasteiger partial charge in [-0.3, -0.25) is 9.59 Å². The molecule has 0 aliphatic heterocycles. The fourth-order valence-corrected chi connectivity index (χ4v) is 3.30. The summed E-state index contributed by atoms with van der Waals surface area (Å²) in [5.41, 5.74) is 2.63. The van der Waals surface area contributed by atoms with Crippen molar-refractivity contribution in [1.29, 1.82) is 0 Å². The number of amides is 1. The fourth-order valence-electron chi connectivity index (χ4n) is 3.30. The van der Waals surface area contributed by atoms with Gasteiger partial charge in [0.05, 0.1) is 25.2 Å². The molecular weight excluding hydrogens is 368 g/mol. The summed E-state index contributed by atoms with van der Waals surface area (Å²) in [5, 5.41) is 3.94. The molecule has 1 N–H and O–H groups in total. The van der Waals surface area contributed by atoms with Crippen molar-refractivity contribution >= 4 is 16.7 Å². The lowest BCUT2D eigenvalue weighted by Crippen LogP contribution is -2.29. The molecule has 3 aromatic rings. The molecule has 0 atom stereocenters. The first-order chi connectivity index (χ1) is 14.0. The highest BCUT2D eigenvalue weighted by Gasteiger charge is 2.17. The van der Waals surface area contributed by atoms with Gasteiger partial charge in [0.15, 0.2) is 11.5 Å². The Morgan fingerprint density at radius 2 is 1.66 bits per heavy atom. The smallest absolute Gasteiger partial charge is 0.258 e. The zero-order valence-corrected chi connectivity index (χ0v) is 17.2. The molecule has 6 heteroatoms. The normalized spacial score (nSPS) is 10.8. The van der Waals surface area contributed by atoms with Gasteiger partial charge in [0.2, 0.25) is 0 Å². The van der Waals surface area contributed by atoms with Gasteiger partial charge in [-0.1, -0.05) is 29.8 Å². The first kappa shape index (κ1) is 20.5. The van der Waals surface area contributed by atoms with E-state index >= 15 is 0 Å². The average Bonchev–Trinajstić information content (AvgIpc) is 2.74. The van der Waals surface area contributed by atoms with Gasteiger partial charge in [0.25, 0.3) is 11.5 Å². The highest BCUT2D eigenvalue weighted by molar-refractivity contribution is 6.07. The van der Waals surface area contributed by atoms with E-state index in [2.05, 4.69) is 29.6 Å². The molecule has 0 radical (unpaired) electrons. The van der Waals surface area contributed by atoms with Crippen LogP contribution in [0, 0.1) is 6.92 Å². The summed E-state index contributed by atoms with van der Waals surface area (Å²) in [7, 11) is 3.04. The predicted molar refractivity (Wildman–Crippen MR) is 114 cm³/mol. The Morgan fingerprint density at radius 3 is 2.24 bits per heavy atom. The number of pyridine rings is 1. The SMILES string of the molecule is CCn1cc(C(=O)NCCc2ccc(C)cc2)c2cc(OC)c(OC)cc2c1=O. The number of nitrogens with zero attached hydrogens (tertiary/aromatic N) is 1. The Morgan fingerprint density at radius 1 is 1.03 bits per heavy atom. The number of hydrogen-bond donors (Lipinski definition) is 1. The minimum atomic E-state index is -0.225. The third kappa shape index (κ3) is 4.26. The van der Waals surface area contributed by atoms with Gasteiger partial charge in [-0.15, -0.1) is 0 Å². The van der Waals surface area contributed by atoms with E-state index in [4.69, 9.17) is 9.47 Å². The third-order valence-corrected chi connectivity index (χ3v) is 5.00. The summed E-state index contributed by atoms with van der Waals surface area (Å²) >= 11 is 0. The van der Waals surface area contributed by atoms with E-state index in [1.807, 2.05) is 13.8 Å². The molecule has 0 spiro atoms. The van der Waals surface area contributed by atoms with Crippen LogP contribution in [0.5, 0.6) is 11.5 Å². The summed E-state index contributed by atoms with van der Waals surface area (Å²) in [6.45, 7) is 4.88. The molecule has 0 unspecified atom stereocenters. The Bertz CT molecular complexity index is 1080. The second-order valence-electron chi connectivity index (χ2n) is 6.88. The molecular formula is C23H26N2O4. The Kier molecular flexibility index (Phi) is 6.22. The van der Waals surface area contributed by atoms with Crippen molar-refractivity contribution in [3.05, 3.63) is 69.6 Å². The van der Waals surface area contributed by atoms with Gasteiger partial charge in [-0.05, 0) is 38.0 Å². The lowest BCUT2D eigenvalue weighted by molar-refractivity contribution is 0.0955. The van der Waals surface area contributed by atoms with Gasteiger partial charge >= 0.3 is 0 Å². The number of fused-ring (bicyclic) bond motifs is 1. The van der Waals surface area contributed by atoms with E-state index in [-0.39, 0.29) is 11.5 Å². The Labute approximate surface area is 170 Å². The Balaban J connectivity index is 1.94. The second kappa shape index (κ2) is 8.82. The van der Waals surface area contributed by atoms with Crippen molar-refractivity contribution in [2.75, 3.05) is 20.8 Å². The van der Waals surface area contributed by atoms with Crippen LogP contribution < -0.4 is 20.3 Å². The van der Waals surface area contributed by atoms with Crippen LogP contribution in [0.15, 0.2) is 47.4 Å². The van der Waals surface area contributed by atoms with Crippen molar-refractivity contribution < 1.29 is 14.3 Å². The summed E-state index contributed by atoms with van der Waals surface area (Å²) in [5.74, 6) is 0.704. The number of aryl methyl sites for hydroxylation is 2. The van der Waals surface area contributed by atoms with Crippen LogP contribution in [0.1, 0.15) is 28.4 Å². The van der Waals surface area contributed by atoms with E-state index in [9.17, 15) is 9.59 Å². The minimum Gasteiger partial charge on any atom is -0.493 e. The molecule has 0 saturated carbocycles. The van der Waals surface area contributed by atoms with Gasteiger partial charge in [-0.2, -0.15) is 0 Å². The molecule has 2 aromatic carbocycles. The van der Waals surface area contributed by atoms with Crippen molar-refractivity contribution in [2.45, 2.75) is 26.8 Å². The van der Waals surface area contributed by atoms with Gasteiger partial charge < -0.3 is 19.4 Å². The van der Waals surface area contributed by atoms with E-state index in [1.54, 1.807) is 18.3 Å². The van der Waals surface area contributed by atoms with E-state index < -0.39 is 0 Å². The fraction of sp³-hybridized carbons (Fsp3) is 0.304. The molecule has 1 aromatic heterocycles. The number of aromatic nitrogens is 1. The molecule has 0 fully saturated rings. The number of carbonyl (C=O) groups excluding carboxylic acids is 1. The number of nitrogens with one attached hydrogen (secondary N) is 1. The van der Waals surface area contributed by atoms with Crippen molar-refractivity contribution in [3.8, 4) is 11.5 Å². The standard InChI is InChI=1S/C23H26N2O4/c1-5-25-14-19(22(26)24-11-10-16-8-6-15(2)7-9-16)17-12-20(28-3)21(29-4)13-18(17)23(25)27/h6-9,12-14H,5,10-11H2,1-4H3,(H,24,26). The molecule has 1 amide bonds. The van der Waals surface area contributed by atoms with Crippen molar-refractivity contribution in [2.24, 2.45) is 0 Å². The van der Waals surface area contributed by atoms with Crippen molar-refractivity contribution in [1.82, 2.24) is 9.88 Å². The van der Waals surface area contributed by atoms with Gasteiger partial charge in [0, 0.05) is 24.7 Å². The summed E-state index contributed by atoms with van der Waals surface area (Å²) in [6.07, 6.45) is 2.34. The Hall–Kier alpha value is -3.28. The molecule has 0 aliphatic rings. The van der Waals surface area contributed by atoms with Crippen LogP contribution in [-0.2, 0) is 13.0 Å². The van der Waals surface area contributed by atoms with E-state index in [0.29, 0.717) is 40.9 Å². The maximum Gasteiger partial charge on any atom is 0.258 e. The number of rotatable bonds is 7.